The van der Waals surface area contributed by atoms with Crippen molar-refractivity contribution in [2.45, 2.75) is 23.8 Å². The molecule has 1 aliphatic rings. The Kier molecular flexibility index (Phi) is 5.76. The highest BCUT2D eigenvalue weighted by Crippen LogP contribution is 2.25. The third-order valence-electron chi connectivity index (χ3n) is 3.57. The molecule has 0 radical (unpaired) electrons. The molecule has 1 aromatic rings. The summed E-state index contributed by atoms with van der Waals surface area (Å²) in [7, 11) is -3.21. The van der Waals surface area contributed by atoms with E-state index in [0.717, 1.165) is 11.2 Å². The number of carbonyl (C=O) groups excluding carboxylic acids is 1. The molecule has 8 heteroatoms. The molecular formula is C14H19ClN2O3S2. The van der Waals surface area contributed by atoms with Crippen LogP contribution in [0.1, 0.15) is 23.2 Å². The van der Waals surface area contributed by atoms with Gasteiger partial charge in [0.25, 0.3) is 5.91 Å². The van der Waals surface area contributed by atoms with Crippen LogP contribution in [0.2, 0.25) is 5.02 Å². The second-order valence-corrected chi connectivity index (χ2v) is 8.37. The van der Waals surface area contributed by atoms with Gasteiger partial charge in [0.05, 0.1) is 16.8 Å². The van der Waals surface area contributed by atoms with Crippen molar-refractivity contribution in [1.82, 2.24) is 9.62 Å². The number of likely N-dealkylation sites (tertiary alicyclic amines) is 1. The Bertz CT molecular complexity index is 656. The summed E-state index contributed by atoms with van der Waals surface area (Å²) in [5.41, 5.74) is 0.503. The number of hydrogen-bond acceptors (Lipinski definition) is 4. The van der Waals surface area contributed by atoms with Crippen molar-refractivity contribution in [1.29, 1.82) is 0 Å². The molecule has 1 N–H and O–H groups in total. The van der Waals surface area contributed by atoms with Crippen LogP contribution in [0.4, 0.5) is 0 Å². The monoisotopic (exact) mass is 362 g/mol. The highest BCUT2D eigenvalue weighted by atomic mass is 35.5. The predicted molar refractivity (Wildman–Crippen MR) is 90.1 cm³/mol. The SMILES string of the molecule is CSc1ccc(Cl)c(C(=O)N2CCC(NS(C)(=O)=O)CC2)c1. The molecule has 0 unspecified atom stereocenters. The molecule has 1 amide bonds. The Labute approximate surface area is 140 Å². The smallest absolute Gasteiger partial charge is 0.255 e. The average molecular weight is 363 g/mol. The number of piperidine rings is 1. The van der Waals surface area contributed by atoms with Crippen LogP contribution in [-0.2, 0) is 10.0 Å². The van der Waals surface area contributed by atoms with Crippen molar-refractivity contribution in [3.63, 3.8) is 0 Å². The Morgan fingerprint density at radius 3 is 2.55 bits per heavy atom. The van der Waals surface area contributed by atoms with E-state index in [4.69, 9.17) is 11.6 Å². The van der Waals surface area contributed by atoms with E-state index in [2.05, 4.69) is 4.72 Å². The second kappa shape index (κ2) is 7.21. The molecule has 22 heavy (non-hydrogen) atoms. The number of nitrogens with zero attached hydrogens (tertiary/aromatic N) is 1. The van der Waals surface area contributed by atoms with Gasteiger partial charge in [-0.05, 0) is 37.3 Å². The lowest BCUT2D eigenvalue weighted by Crippen LogP contribution is -2.46. The molecule has 0 spiro atoms. The van der Waals surface area contributed by atoms with E-state index in [1.807, 2.05) is 12.3 Å². The van der Waals surface area contributed by atoms with Crippen molar-refractivity contribution in [2.75, 3.05) is 25.6 Å². The minimum atomic E-state index is -3.21. The normalized spacial score (nSPS) is 16.8. The number of amides is 1. The zero-order valence-electron chi connectivity index (χ0n) is 12.5. The minimum Gasteiger partial charge on any atom is -0.338 e. The van der Waals surface area contributed by atoms with Crippen molar-refractivity contribution in [3.8, 4) is 0 Å². The van der Waals surface area contributed by atoms with Gasteiger partial charge >= 0.3 is 0 Å². The van der Waals surface area contributed by atoms with Gasteiger partial charge in [0, 0.05) is 24.0 Å². The van der Waals surface area contributed by atoms with E-state index in [0.29, 0.717) is 36.5 Å². The third-order valence-corrected chi connectivity index (χ3v) is 5.38. The summed E-state index contributed by atoms with van der Waals surface area (Å²) >= 11 is 7.69. The van der Waals surface area contributed by atoms with Gasteiger partial charge < -0.3 is 4.90 Å². The largest absolute Gasteiger partial charge is 0.338 e. The van der Waals surface area contributed by atoms with Gasteiger partial charge in [0.15, 0.2) is 0 Å². The molecule has 2 rings (SSSR count). The van der Waals surface area contributed by atoms with Gasteiger partial charge in [-0.3, -0.25) is 4.79 Å². The molecule has 0 aliphatic carbocycles. The molecule has 1 aromatic carbocycles. The number of carbonyl (C=O) groups is 1. The number of hydrogen-bond donors (Lipinski definition) is 1. The summed E-state index contributed by atoms with van der Waals surface area (Å²) in [6.07, 6.45) is 4.31. The van der Waals surface area contributed by atoms with E-state index < -0.39 is 10.0 Å². The van der Waals surface area contributed by atoms with Crippen molar-refractivity contribution < 1.29 is 13.2 Å². The zero-order chi connectivity index (χ0) is 16.3. The van der Waals surface area contributed by atoms with E-state index in [1.54, 1.807) is 28.8 Å². The molecule has 1 aliphatic heterocycles. The van der Waals surface area contributed by atoms with Crippen LogP contribution in [0.25, 0.3) is 0 Å². The van der Waals surface area contributed by atoms with E-state index in [1.165, 1.54) is 0 Å². The van der Waals surface area contributed by atoms with Crippen LogP contribution >= 0.6 is 23.4 Å². The molecule has 1 heterocycles. The second-order valence-electron chi connectivity index (χ2n) is 5.30. The summed E-state index contributed by atoms with van der Waals surface area (Å²) < 4.78 is 25.1. The summed E-state index contributed by atoms with van der Waals surface area (Å²) in [4.78, 5) is 15.3. The molecular weight excluding hydrogens is 344 g/mol. The summed E-state index contributed by atoms with van der Waals surface area (Å²) in [5, 5.41) is 0.444. The van der Waals surface area contributed by atoms with Gasteiger partial charge in [-0.1, -0.05) is 11.6 Å². The first-order valence-corrected chi connectivity index (χ1v) is 10.4. The summed E-state index contributed by atoms with van der Waals surface area (Å²) in [5.74, 6) is -0.0984. The predicted octanol–water partition coefficient (Wildman–Crippen LogP) is 2.22. The van der Waals surface area contributed by atoms with E-state index >= 15 is 0 Å². The molecule has 122 valence electrons. The number of sulfonamides is 1. The summed E-state index contributed by atoms with van der Waals surface area (Å²) in [6.45, 7) is 1.04. The molecule has 1 saturated heterocycles. The summed E-state index contributed by atoms with van der Waals surface area (Å²) in [6, 6.07) is 5.31. The highest BCUT2D eigenvalue weighted by molar-refractivity contribution is 7.98. The number of benzene rings is 1. The zero-order valence-corrected chi connectivity index (χ0v) is 14.9. The van der Waals surface area contributed by atoms with Crippen LogP contribution in [0, 0.1) is 0 Å². The van der Waals surface area contributed by atoms with Gasteiger partial charge in [-0.2, -0.15) is 0 Å². The maximum absolute atomic E-state index is 12.6. The molecule has 0 bridgehead atoms. The van der Waals surface area contributed by atoms with Crippen LogP contribution in [-0.4, -0.2) is 50.9 Å². The fourth-order valence-electron chi connectivity index (χ4n) is 2.47. The van der Waals surface area contributed by atoms with Crippen LogP contribution in [0.3, 0.4) is 0 Å². The fraction of sp³-hybridized carbons (Fsp3) is 0.500. The Hall–Kier alpha value is -0.760. The van der Waals surface area contributed by atoms with Gasteiger partial charge in [0.2, 0.25) is 10.0 Å². The number of nitrogens with one attached hydrogen (secondary N) is 1. The quantitative estimate of drug-likeness (QED) is 0.834. The van der Waals surface area contributed by atoms with Crippen LogP contribution < -0.4 is 4.72 Å². The van der Waals surface area contributed by atoms with Crippen LogP contribution in [0.15, 0.2) is 23.1 Å². The van der Waals surface area contributed by atoms with E-state index in [9.17, 15) is 13.2 Å². The van der Waals surface area contributed by atoms with E-state index in [-0.39, 0.29) is 11.9 Å². The third kappa shape index (κ3) is 4.62. The lowest BCUT2D eigenvalue weighted by Gasteiger charge is -2.32. The molecule has 5 nitrogen and oxygen atoms in total. The molecule has 0 atom stereocenters. The topological polar surface area (TPSA) is 66.5 Å². The Balaban J connectivity index is 2.04. The first-order chi connectivity index (χ1) is 10.3. The molecule has 0 aromatic heterocycles. The molecule has 1 fully saturated rings. The maximum atomic E-state index is 12.6. The number of thioether (sulfide) groups is 1. The number of halogens is 1. The van der Waals surface area contributed by atoms with Crippen LogP contribution in [0.5, 0.6) is 0 Å². The lowest BCUT2D eigenvalue weighted by molar-refractivity contribution is 0.0711. The standard InChI is InChI=1S/C14H19ClN2O3S2/c1-21-11-3-4-13(15)12(9-11)14(18)17-7-5-10(6-8-17)16-22(2,19)20/h3-4,9-10,16H,5-8H2,1-2H3. The lowest BCUT2D eigenvalue weighted by atomic mass is 10.0. The average Bonchev–Trinajstić information content (AvgIpc) is 2.46. The Morgan fingerprint density at radius 2 is 2.00 bits per heavy atom. The molecule has 0 saturated carbocycles. The van der Waals surface area contributed by atoms with Gasteiger partial charge in [-0.25, -0.2) is 13.1 Å². The van der Waals surface area contributed by atoms with Crippen molar-refractivity contribution >= 4 is 39.3 Å². The first-order valence-electron chi connectivity index (χ1n) is 6.90. The highest BCUT2D eigenvalue weighted by Gasteiger charge is 2.26. The maximum Gasteiger partial charge on any atom is 0.255 e. The first kappa shape index (κ1) is 17.6. The fourth-order valence-corrected chi connectivity index (χ4v) is 3.95. The van der Waals surface area contributed by atoms with Gasteiger partial charge in [0.1, 0.15) is 0 Å². The van der Waals surface area contributed by atoms with Crippen molar-refractivity contribution in [2.24, 2.45) is 0 Å². The van der Waals surface area contributed by atoms with Crippen molar-refractivity contribution in [3.05, 3.63) is 28.8 Å². The van der Waals surface area contributed by atoms with Gasteiger partial charge in [-0.15, -0.1) is 11.8 Å². The minimum absolute atomic E-state index is 0.0984. The Morgan fingerprint density at radius 1 is 1.36 bits per heavy atom. The number of rotatable bonds is 4.